The molecule has 24 heavy (non-hydrogen) atoms. The summed E-state index contributed by atoms with van der Waals surface area (Å²) in [5.41, 5.74) is 3.78. The van der Waals surface area contributed by atoms with Gasteiger partial charge in [-0.05, 0) is 49.3 Å². The van der Waals surface area contributed by atoms with Gasteiger partial charge in [-0.1, -0.05) is 36.8 Å². The van der Waals surface area contributed by atoms with Crippen LogP contribution in [-0.4, -0.2) is 29.9 Å². The van der Waals surface area contributed by atoms with Gasteiger partial charge in [0.25, 0.3) is 5.91 Å². The molecule has 1 aliphatic heterocycles. The lowest BCUT2D eigenvalue weighted by atomic mass is 9.92. The van der Waals surface area contributed by atoms with Gasteiger partial charge in [-0.15, -0.1) is 11.3 Å². The lowest BCUT2D eigenvalue weighted by molar-refractivity contribution is -0.676. The van der Waals surface area contributed by atoms with Gasteiger partial charge in [0.05, 0.1) is 12.1 Å². The lowest BCUT2D eigenvalue weighted by Gasteiger charge is -2.36. The highest BCUT2D eigenvalue weighted by Crippen LogP contribution is 2.37. The number of nitrogens with two attached hydrogens (primary N) is 1. The monoisotopic (exact) mass is 343 g/mol. The smallest absolute Gasteiger partial charge is 0.278 e. The van der Waals surface area contributed by atoms with Crippen LogP contribution in [0.1, 0.15) is 47.9 Å². The fourth-order valence-electron chi connectivity index (χ4n) is 3.28. The van der Waals surface area contributed by atoms with Gasteiger partial charge in [-0.2, -0.15) is 0 Å². The minimum absolute atomic E-state index is 0.0680. The summed E-state index contributed by atoms with van der Waals surface area (Å²) < 4.78 is 0. The molecular weight excluding hydrogens is 316 g/mol. The zero-order valence-electron chi connectivity index (χ0n) is 14.8. The predicted octanol–water partition coefficient (Wildman–Crippen LogP) is 2.89. The van der Waals surface area contributed by atoms with Crippen molar-refractivity contribution in [1.29, 1.82) is 0 Å². The van der Waals surface area contributed by atoms with Gasteiger partial charge in [0.2, 0.25) is 0 Å². The van der Waals surface area contributed by atoms with E-state index in [9.17, 15) is 4.79 Å². The van der Waals surface area contributed by atoms with Crippen LogP contribution in [-0.2, 0) is 11.2 Å². The molecule has 1 aromatic carbocycles. The second-order valence-corrected chi connectivity index (χ2v) is 7.78. The van der Waals surface area contributed by atoms with E-state index < -0.39 is 0 Å². The number of amides is 1. The van der Waals surface area contributed by atoms with Crippen molar-refractivity contribution >= 4 is 17.2 Å². The average molecular weight is 344 g/mol. The predicted molar refractivity (Wildman–Crippen MR) is 99.3 cm³/mol. The molecule has 0 bridgehead atoms. The van der Waals surface area contributed by atoms with Crippen LogP contribution in [0.4, 0.5) is 0 Å². The quantitative estimate of drug-likeness (QED) is 0.890. The van der Waals surface area contributed by atoms with E-state index in [2.05, 4.69) is 66.7 Å². The molecule has 0 radical (unpaired) electrons. The maximum Gasteiger partial charge on any atom is 0.278 e. The molecule has 3 nitrogen and oxygen atoms in total. The van der Waals surface area contributed by atoms with E-state index in [0.717, 1.165) is 19.4 Å². The van der Waals surface area contributed by atoms with E-state index in [4.69, 9.17) is 0 Å². The molecule has 0 saturated heterocycles. The number of hydrogen-bond donors (Lipinski definition) is 1. The Morgan fingerprint density at radius 3 is 2.79 bits per heavy atom. The average Bonchev–Trinajstić information content (AvgIpc) is 3.08. The van der Waals surface area contributed by atoms with E-state index in [1.165, 1.54) is 21.6 Å². The first-order valence-corrected chi connectivity index (χ1v) is 9.73. The minimum Gasteiger partial charge on any atom is -0.336 e. The van der Waals surface area contributed by atoms with E-state index in [0.29, 0.717) is 12.6 Å². The maximum absolute atomic E-state index is 12.9. The third kappa shape index (κ3) is 3.55. The Morgan fingerprint density at radius 1 is 1.33 bits per heavy atom. The fourth-order valence-corrected chi connectivity index (χ4v) is 4.18. The first-order valence-electron chi connectivity index (χ1n) is 8.85. The van der Waals surface area contributed by atoms with Gasteiger partial charge in [-0.25, -0.2) is 0 Å². The Balaban J connectivity index is 1.87. The Kier molecular flexibility index (Phi) is 5.36. The Labute approximate surface area is 148 Å². The second-order valence-electron chi connectivity index (χ2n) is 6.77. The first kappa shape index (κ1) is 17.2. The van der Waals surface area contributed by atoms with Crippen molar-refractivity contribution in [3.8, 4) is 0 Å². The Morgan fingerprint density at radius 2 is 2.08 bits per heavy atom. The molecule has 1 aromatic heterocycles. The van der Waals surface area contributed by atoms with E-state index >= 15 is 0 Å². The maximum atomic E-state index is 12.9. The molecule has 4 heteroatoms. The van der Waals surface area contributed by atoms with Gasteiger partial charge in [0.1, 0.15) is 0 Å². The number of aryl methyl sites for hydroxylation is 1. The summed E-state index contributed by atoms with van der Waals surface area (Å²) in [6.45, 7) is 7.80. The van der Waals surface area contributed by atoms with E-state index in [1.54, 1.807) is 0 Å². The van der Waals surface area contributed by atoms with Crippen molar-refractivity contribution in [2.75, 3.05) is 13.1 Å². The molecule has 0 fully saturated rings. The first-order chi connectivity index (χ1) is 11.6. The van der Waals surface area contributed by atoms with Crippen molar-refractivity contribution in [3.05, 3.63) is 57.3 Å². The van der Waals surface area contributed by atoms with E-state index in [-0.39, 0.29) is 11.9 Å². The largest absolute Gasteiger partial charge is 0.336 e. The summed E-state index contributed by atoms with van der Waals surface area (Å²) in [7, 11) is 0. The summed E-state index contributed by atoms with van der Waals surface area (Å²) in [6.07, 6.45) is 2.06. The van der Waals surface area contributed by atoms with Gasteiger partial charge in [-0.3, -0.25) is 4.79 Å². The summed E-state index contributed by atoms with van der Waals surface area (Å²) in [5, 5.41) is 4.32. The highest BCUT2D eigenvalue weighted by molar-refractivity contribution is 7.10. The molecule has 1 amide bonds. The van der Waals surface area contributed by atoms with Crippen LogP contribution in [0.2, 0.25) is 0 Å². The summed E-state index contributed by atoms with van der Waals surface area (Å²) in [5.74, 6) is 0.248. The number of quaternary nitrogens is 1. The molecule has 2 atom stereocenters. The van der Waals surface area contributed by atoms with Crippen LogP contribution in [0.5, 0.6) is 0 Å². The molecule has 2 heterocycles. The minimum atomic E-state index is 0.0680. The van der Waals surface area contributed by atoms with Crippen LogP contribution < -0.4 is 5.32 Å². The summed E-state index contributed by atoms with van der Waals surface area (Å²) in [6, 6.07) is 11.4. The van der Waals surface area contributed by atoms with Crippen molar-refractivity contribution in [2.24, 2.45) is 0 Å². The van der Waals surface area contributed by atoms with Crippen LogP contribution in [0.15, 0.2) is 35.7 Å². The molecular formula is C20H27N2OS+. The number of benzene rings is 1. The number of fused-ring (bicyclic) bond motifs is 1. The van der Waals surface area contributed by atoms with Crippen LogP contribution >= 0.6 is 11.3 Å². The highest BCUT2D eigenvalue weighted by Gasteiger charge is 2.33. The number of carbonyl (C=O) groups is 1. The van der Waals surface area contributed by atoms with Crippen LogP contribution in [0.3, 0.4) is 0 Å². The molecule has 3 rings (SSSR count). The number of rotatable bonds is 5. The zero-order valence-corrected chi connectivity index (χ0v) is 15.6. The molecule has 2 aromatic rings. The fraction of sp³-hybridized carbons (Fsp3) is 0.450. The molecule has 0 aliphatic carbocycles. The second kappa shape index (κ2) is 7.49. The summed E-state index contributed by atoms with van der Waals surface area (Å²) in [4.78, 5) is 16.4. The normalized spacial score (nSPS) is 18.3. The van der Waals surface area contributed by atoms with Crippen molar-refractivity contribution in [1.82, 2.24) is 4.90 Å². The van der Waals surface area contributed by atoms with Crippen LogP contribution in [0.25, 0.3) is 0 Å². The number of nitrogens with zero attached hydrogens (tertiary/aromatic N) is 1. The summed E-state index contributed by atoms with van der Waals surface area (Å²) >= 11 is 1.82. The molecule has 0 unspecified atom stereocenters. The standard InChI is InChI=1S/C20H26N2OS/c1-4-15(3)21-13-19(23)22-11-9-18-17(10-12-24-18)20(22)16-7-5-14(2)6-8-16/h5-8,10,12,15,20-21H,4,9,11,13H2,1-3H3/p+1/t15-,20+/m1/s1. The molecule has 0 spiro atoms. The third-order valence-electron chi connectivity index (χ3n) is 5.02. The van der Waals surface area contributed by atoms with E-state index in [1.807, 2.05) is 11.3 Å². The Bertz CT molecular complexity index is 692. The molecule has 1 aliphatic rings. The van der Waals surface area contributed by atoms with Gasteiger partial charge >= 0.3 is 0 Å². The molecule has 128 valence electrons. The molecule has 2 N–H and O–H groups in total. The molecule has 0 saturated carbocycles. The Hall–Kier alpha value is -1.65. The van der Waals surface area contributed by atoms with Crippen molar-refractivity contribution < 1.29 is 10.1 Å². The van der Waals surface area contributed by atoms with Gasteiger partial charge < -0.3 is 10.2 Å². The van der Waals surface area contributed by atoms with Gasteiger partial charge in [0, 0.05) is 11.4 Å². The van der Waals surface area contributed by atoms with Crippen molar-refractivity contribution in [3.63, 3.8) is 0 Å². The van der Waals surface area contributed by atoms with Gasteiger partial charge in [0.15, 0.2) is 6.54 Å². The third-order valence-corrected chi connectivity index (χ3v) is 6.01. The topological polar surface area (TPSA) is 36.9 Å². The lowest BCUT2D eigenvalue weighted by Crippen LogP contribution is -2.91. The number of thiophene rings is 1. The van der Waals surface area contributed by atoms with Crippen LogP contribution in [0, 0.1) is 6.92 Å². The van der Waals surface area contributed by atoms with Crippen molar-refractivity contribution in [2.45, 2.75) is 45.7 Å². The SMILES string of the molecule is CC[C@@H](C)[NH2+]CC(=O)N1CCc2sccc2[C@@H]1c1ccc(C)cc1. The zero-order chi connectivity index (χ0) is 17.1. The highest BCUT2D eigenvalue weighted by atomic mass is 32.1. The number of hydrogen-bond acceptors (Lipinski definition) is 2. The number of carbonyl (C=O) groups excluding carboxylic acids is 1.